The zero-order valence-electron chi connectivity index (χ0n) is 7.53. The maximum Gasteiger partial charge on any atom is 0.225 e. The van der Waals surface area contributed by atoms with E-state index in [-0.39, 0.29) is 27.3 Å². The SMILES string of the molecule is CC1(C)C(C(=O)Cl)[C@@H]1[C@@H](Br)C(Br)(Br)Br. The molecule has 0 heterocycles. The van der Waals surface area contributed by atoms with Crippen molar-refractivity contribution >= 4 is 80.6 Å². The first-order valence-corrected chi connectivity index (χ1v) is 7.67. The van der Waals surface area contributed by atoms with Crippen LogP contribution in [0.5, 0.6) is 0 Å². The van der Waals surface area contributed by atoms with Crippen molar-refractivity contribution in [3.8, 4) is 0 Å². The molecule has 0 aromatic rings. The van der Waals surface area contributed by atoms with Gasteiger partial charge in [0.1, 0.15) is 2.14 Å². The molecule has 0 amide bonds. The van der Waals surface area contributed by atoms with Gasteiger partial charge in [-0.2, -0.15) is 0 Å². The zero-order valence-corrected chi connectivity index (χ0v) is 14.6. The van der Waals surface area contributed by atoms with Gasteiger partial charge in [0.2, 0.25) is 5.24 Å². The smallest absolute Gasteiger partial charge is 0.225 e. The first-order chi connectivity index (χ1) is 6.10. The molecule has 6 heteroatoms. The van der Waals surface area contributed by atoms with E-state index >= 15 is 0 Å². The molecule has 0 aromatic carbocycles. The molecular formula is C8H9Br4ClO. The maximum absolute atomic E-state index is 11.2. The summed E-state index contributed by atoms with van der Waals surface area (Å²) in [5.41, 5.74) is -0.0342. The Labute approximate surface area is 122 Å². The number of rotatable bonds is 2. The quantitative estimate of drug-likeness (QED) is 0.420. The molecule has 0 saturated heterocycles. The molecule has 1 aliphatic rings. The third-order valence-corrected chi connectivity index (χ3v) is 7.60. The number of carbonyl (C=O) groups is 1. The van der Waals surface area contributed by atoms with Gasteiger partial charge in [-0.3, -0.25) is 4.79 Å². The highest BCUT2D eigenvalue weighted by Crippen LogP contribution is 2.66. The van der Waals surface area contributed by atoms with E-state index in [1.165, 1.54) is 0 Å². The molecule has 1 fully saturated rings. The minimum Gasteiger partial charge on any atom is -0.281 e. The number of hydrogen-bond acceptors (Lipinski definition) is 1. The van der Waals surface area contributed by atoms with Gasteiger partial charge in [0, 0.05) is 5.92 Å². The van der Waals surface area contributed by atoms with Crippen LogP contribution in [0.3, 0.4) is 0 Å². The Balaban J connectivity index is 2.79. The Hall–Kier alpha value is 1.88. The van der Waals surface area contributed by atoms with Gasteiger partial charge in [-0.1, -0.05) is 77.6 Å². The van der Waals surface area contributed by atoms with Crippen molar-refractivity contribution in [3.63, 3.8) is 0 Å². The second kappa shape index (κ2) is 4.28. The number of hydrogen-bond donors (Lipinski definition) is 0. The van der Waals surface area contributed by atoms with Gasteiger partial charge in [0.15, 0.2) is 0 Å². The van der Waals surface area contributed by atoms with Crippen molar-refractivity contribution in [2.24, 2.45) is 17.3 Å². The Morgan fingerprint density at radius 3 is 2.07 bits per heavy atom. The van der Waals surface area contributed by atoms with E-state index in [4.69, 9.17) is 11.6 Å². The summed E-state index contributed by atoms with van der Waals surface area (Å²) in [6.07, 6.45) is 0. The normalized spacial score (nSPS) is 32.5. The molecule has 82 valence electrons. The summed E-state index contributed by atoms with van der Waals surface area (Å²) < 4.78 is -0.393. The lowest BCUT2D eigenvalue weighted by molar-refractivity contribution is -0.113. The molecule has 0 aromatic heterocycles. The topological polar surface area (TPSA) is 17.1 Å². The van der Waals surface area contributed by atoms with Crippen LogP contribution in [0.15, 0.2) is 0 Å². The fraction of sp³-hybridized carbons (Fsp3) is 0.875. The fourth-order valence-electron chi connectivity index (χ4n) is 1.86. The number of alkyl halides is 4. The molecule has 0 aliphatic heterocycles. The molecule has 1 rings (SSSR count). The van der Waals surface area contributed by atoms with Gasteiger partial charge in [-0.05, 0) is 22.9 Å². The zero-order chi connectivity index (χ0) is 11.3. The third kappa shape index (κ3) is 2.58. The highest BCUT2D eigenvalue weighted by Gasteiger charge is 2.66. The van der Waals surface area contributed by atoms with E-state index in [1.54, 1.807) is 0 Å². The van der Waals surface area contributed by atoms with Crippen LogP contribution in [-0.4, -0.2) is 12.2 Å². The van der Waals surface area contributed by atoms with E-state index in [9.17, 15) is 4.79 Å². The Bertz CT molecular complexity index is 261. The number of carbonyl (C=O) groups excluding carboxylic acids is 1. The van der Waals surface area contributed by atoms with Crippen molar-refractivity contribution in [2.45, 2.75) is 20.8 Å². The highest BCUT2D eigenvalue weighted by molar-refractivity contribution is 9.40. The summed E-state index contributed by atoms with van der Waals surface area (Å²) >= 11 is 19.4. The van der Waals surface area contributed by atoms with Crippen molar-refractivity contribution in [2.75, 3.05) is 0 Å². The molecule has 1 saturated carbocycles. The average Bonchev–Trinajstić information content (AvgIpc) is 2.49. The van der Waals surface area contributed by atoms with Crippen molar-refractivity contribution in [3.05, 3.63) is 0 Å². The molecule has 0 spiro atoms. The standard InChI is InChI=1S/C8H9Br4ClO/c1-7(2)3(4(7)6(13)14)5(9)8(10,11)12/h3-5H,1-2H3/t3-,4?,5-/m1/s1. The predicted octanol–water partition coefficient (Wildman–Crippen LogP) is 4.63. The molecule has 1 nitrogen and oxygen atoms in total. The third-order valence-electron chi connectivity index (χ3n) is 2.78. The van der Waals surface area contributed by atoms with Crippen molar-refractivity contribution in [1.29, 1.82) is 0 Å². The van der Waals surface area contributed by atoms with Gasteiger partial charge >= 0.3 is 0 Å². The summed E-state index contributed by atoms with van der Waals surface area (Å²) in [7, 11) is 0. The van der Waals surface area contributed by atoms with Gasteiger partial charge in [-0.15, -0.1) is 0 Å². The molecule has 0 bridgehead atoms. The Morgan fingerprint density at radius 2 is 1.86 bits per heavy atom. The Kier molecular flexibility index (Phi) is 4.26. The van der Waals surface area contributed by atoms with E-state index in [0.717, 1.165) is 0 Å². The van der Waals surface area contributed by atoms with Crippen molar-refractivity contribution < 1.29 is 4.79 Å². The summed E-state index contributed by atoms with van der Waals surface area (Å²) in [5.74, 6) is 0.159. The second-order valence-corrected chi connectivity index (χ2v) is 12.4. The van der Waals surface area contributed by atoms with Gasteiger partial charge < -0.3 is 0 Å². The summed E-state index contributed by atoms with van der Waals surface area (Å²) in [4.78, 5) is 11.3. The number of halogens is 5. The molecule has 3 atom stereocenters. The molecule has 1 aliphatic carbocycles. The van der Waals surface area contributed by atoms with Crippen LogP contribution >= 0.6 is 75.3 Å². The van der Waals surface area contributed by atoms with Crippen LogP contribution in [0, 0.1) is 17.3 Å². The summed E-state index contributed by atoms with van der Waals surface area (Å²) in [6.45, 7) is 4.10. The molecule has 14 heavy (non-hydrogen) atoms. The molecule has 0 N–H and O–H groups in total. The first kappa shape index (κ1) is 13.9. The van der Waals surface area contributed by atoms with Gasteiger partial charge in [0.25, 0.3) is 0 Å². The van der Waals surface area contributed by atoms with Crippen LogP contribution in [0.4, 0.5) is 0 Å². The van der Waals surface area contributed by atoms with E-state index in [2.05, 4.69) is 77.6 Å². The van der Waals surface area contributed by atoms with Crippen LogP contribution < -0.4 is 0 Å². The van der Waals surface area contributed by atoms with Gasteiger partial charge in [0.05, 0.1) is 4.83 Å². The van der Waals surface area contributed by atoms with Crippen LogP contribution in [0.2, 0.25) is 0 Å². The van der Waals surface area contributed by atoms with E-state index < -0.39 is 2.14 Å². The molecule has 1 unspecified atom stereocenters. The lowest BCUT2D eigenvalue weighted by Crippen LogP contribution is -2.22. The van der Waals surface area contributed by atoms with Crippen molar-refractivity contribution in [1.82, 2.24) is 0 Å². The van der Waals surface area contributed by atoms with Crippen LogP contribution in [-0.2, 0) is 4.79 Å². The van der Waals surface area contributed by atoms with Gasteiger partial charge in [-0.25, -0.2) is 0 Å². The molecule has 0 radical (unpaired) electrons. The van der Waals surface area contributed by atoms with E-state index in [1.807, 2.05) is 0 Å². The second-order valence-electron chi connectivity index (χ2n) is 4.07. The summed E-state index contributed by atoms with van der Waals surface area (Å²) in [6, 6.07) is 0. The minimum absolute atomic E-state index is 0.0342. The monoisotopic (exact) mass is 472 g/mol. The maximum atomic E-state index is 11.2. The molecular weight excluding hydrogens is 467 g/mol. The lowest BCUT2D eigenvalue weighted by Gasteiger charge is -2.20. The first-order valence-electron chi connectivity index (χ1n) is 4.00. The van der Waals surface area contributed by atoms with Crippen LogP contribution in [0.25, 0.3) is 0 Å². The summed E-state index contributed by atoms with van der Waals surface area (Å²) in [5, 5.41) is -0.249. The van der Waals surface area contributed by atoms with E-state index in [0.29, 0.717) is 0 Å². The highest BCUT2D eigenvalue weighted by atomic mass is 80.0. The average molecular weight is 476 g/mol. The van der Waals surface area contributed by atoms with Crippen LogP contribution in [0.1, 0.15) is 13.8 Å². The lowest BCUT2D eigenvalue weighted by atomic mass is 10.1. The predicted molar refractivity (Wildman–Crippen MR) is 73.8 cm³/mol. The largest absolute Gasteiger partial charge is 0.281 e. The Morgan fingerprint density at radius 1 is 1.43 bits per heavy atom. The minimum atomic E-state index is -0.393. The fourth-order valence-corrected chi connectivity index (χ4v) is 4.12.